The van der Waals surface area contributed by atoms with Crippen LogP contribution in [0, 0.1) is 17.0 Å². The average molecular weight is 319 g/mol. The third-order valence-electron chi connectivity index (χ3n) is 2.91. The van der Waals surface area contributed by atoms with Gasteiger partial charge in [0.1, 0.15) is 18.5 Å². The van der Waals surface area contributed by atoms with E-state index in [-0.39, 0.29) is 18.1 Å². The van der Waals surface area contributed by atoms with Gasteiger partial charge in [0.2, 0.25) is 10.0 Å². The van der Waals surface area contributed by atoms with Crippen LogP contribution >= 0.6 is 0 Å². The summed E-state index contributed by atoms with van der Waals surface area (Å²) in [5.41, 5.74) is 0. The third kappa shape index (κ3) is 5.78. The molecule has 0 amide bonds. The summed E-state index contributed by atoms with van der Waals surface area (Å²) in [4.78, 5) is 16.0. The lowest BCUT2D eigenvalue weighted by Crippen LogP contribution is -2.31. The number of imidazole rings is 1. The van der Waals surface area contributed by atoms with Crippen LogP contribution in [0.1, 0.15) is 12.2 Å². The molecule has 0 saturated carbocycles. The van der Waals surface area contributed by atoms with Crippen molar-refractivity contribution >= 4 is 15.8 Å². The largest absolute Gasteiger partial charge is 0.358 e. The minimum absolute atomic E-state index is 0.00512. The highest BCUT2D eigenvalue weighted by molar-refractivity contribution is 7.89. The van der Waals surface area contributed by atoms with E-state index in [2.05, 4.69) is 9.71 Å². The van der Waals surface area contributed by atoms with Crippen LogP contribution in [0.2, 0.25) is 0 Å². The first-order chi connectivity index (χ1) is 9.73. The topological polar surface area (TPSA) is 110 Å². The SMILES string of the molecule is Cc1ncc([N+](=O)[O-])n1CCS(=O)(=O)NCCCN(C)C. The summed E-state index contributed by atoms with van der Waals surface area (Å²) in [6.07, 6.45) is 1.84. The fourth-order valence-corrected chi connectivity index (χ4v) is 2.81. The number of aryl methyl sites for hydroxylation is 1. The molecule has 0 aromatic carbocycles. The lowest BCUT2D eigenvalue weighted by atomic mass is 10.4. The minimum Gasteiger partial charge on any atom is -0.358 e. The van der Waals surface area contributed by atoms with E-state index in [0.29, 0.717) is 18.8 Å². The Bertz CT molecular complexity index is 581. The fourth-order valence-electron chi connectivity index (χ4n) is 1.78. The molecule has 0 unspecified atom stereocenters. The maximum absolute atomic E-state index is 11.8. The quantitative estimate of drug-likeness (QED) is 0.389. The highest BCUT2D eigenvalue weighted by atomic mass is 32.2. The minimum atomic E-state index is -3.45. The highest BCUT2D eigenvalue weighted by Crippen LogP contribution is 2.13. The predicted molar refractivity (Wildman–Crippen MR) is 78.6 cm³/mol. The monoisotopic (exact) mass is 319 g/mol. The number of nitrogens with zero attached hydrogens (tertiary/aromatic N) is 4. The Morgan fingerprint density at radius 3 is 2.71 bits per heavy atom. The van der Waals surface area contributed by atoms with Gasteiger partial charge in [-0.25, -0.2) is 22.7 Å². The first kappa shape index (κ1) is 17.5. The van der Waals surface area contributed by atoms with Gasteiger partial charge in [-0.15, -0.1) is 0 Å². The lowest BCUT2D eigenvalue weighted by Gasteiger charge is -2.10. The molecule has 1 aromatic heterocycles. The molecule has 120 valence electrons. The zero-order valence-corrected chi connectivity index (χ0v) is 13.3. The normalized spacial score (nSPS) is 12.0. The molecule has 0 atom stereocenters. The molecule has 1 heterocycles. The Balaban J connectivity index is 2.54. The van der Waals surface area contributed by atoms with Gasteiger partial charge in [0, 0.05) is 13.5 Å². The van der Waals surface area contributed by atoms with E-state index < -0.39 is 14.9 Å². The van der Waals surface area contributed by atoms with Crippen molar-refractivity contribution in [2.45, 2.75) is 19.9 Å². The number of aromatic nitrogens is 2. The molecular formula is C11H21N5O4S. The lowest BCUT2D eigenvalue weighted by molar-refractivity contribution is -0.392. The van der Waals surface area contributed by atoms with Crippen LogP contribution in [0.15, 0.2) is 6.20 Å². The smallest absolute Gasteiger partial charge is 0.342 e. The molecule has 1 rings (SSSR count). The molecule has 0 fully saturated rings. The van der Waals surface area contributed by atoms with Crippen molar-refractivity contribution in [1.82, 2.24) is 19.2 Å². The predicted octanol–water partition coefficient (Wildman–Crippen LogP) is -0.0292. The third-order valence-corrected chi connectivity index (χ3v) is 4.27. The number of sulfonamides is 1. The highest BCUT2D eigenvalue weighted by Gasteiger charge is 2.20. The number of hydrogen-bond donors (Lipinski definition) is 1. The zero-order valence-electron chi connectivity index (χ0n) is 12.4. The second-order valence-corrected chi connectivity index (χ2v) is 6.87. The molecule has 21 heavy (non-hydrogen) atoms. The van der Waals surface area contributed by atoms with Crippen molar-refractivity contribution < 1.29 is 13.3 Å². The Morgan fingerprint density at radius 2 is 2.14 bits per heavy atom. The summed E-state index contributed by atoms with van der Waals surface area (Å²) >= 11 is 0. The van der Waals surface area contributed by atoms with Crippen molar-refractivity contribution in [3.05, 3.63) is 22.1 Å². The number of hydrogen-bond acceptors (Lipinski definition) is 6. The summed E-state index contributed by atoms with van der Waals surface area (Å²) in [5, 5.41) is 10.8. The van der Waals surface area contributed by atoms with Gasteiger partial charge in [0.05, 0.1) is 0 Å². The molecule has 0 aliphatic rings. The van der Waals surface area contributed by atoms with Crippen LogP contribution in [0.25, 0.3) is 0 Å². The summed E-state index contributed by atoms with van der Waals surface area (Å²) in [7, 11) is 0.370. The van der Waals surface area contributed by atoms with Crippen molar-refractivity contribution in [3.8, 4) is 0 Å². The summed E-state index contributed by atoms with van der Waals surface area (Å²) in [6.45, 7) is 2.75. The molecular weight excluding hydrogens is 298 g/mol. The van der Waals surface area contributed by atoms with E-state index in [4.69, 9.17) is 0 Å². The molecule has 9 nitrogen and oxygen atoms in total. The fraction of sp³-hybridized carbons (Fsp3) is 0.727. The maximum atomic E-state index is 11.8. The number of nitrogens with one attached hydrogen (secondary N) is 1. The van der Waals surface area contributed by atoms with Gasteiger partial charge >= 0.3 is 5.82 Å². The van der Waals surface area contributed by atoms with E-state index in [0.717, 1.165) is 12.7 Å². The van der Waals surface area contributed by atoms with Gasteiger partial charge in [-0.3, -0.25) is 0 Å². The molecule has 10 heteroatoms. The van der Waals surface area contributed by atoms with Crippen LogP contribution < -0.4 is 4.72 Å². The molecule has 0 radical (unpaired) electrons. The molecule has 0 aliphatic heterocycles. The van der Waals surface area contributed by atoms with E-state index >= 15 is 0 Å². The van der Waals surface area contributed by atoms with E-state index in [1.54, 1.807) is 6.92 Å². The van der Waals surface area contributed by atoms with Crippen LogP contribution in [-0.2, 0) is 16.6 Å². The summed E-state index contributed by atoms with van der Waals surface area (Å²) < 4.78 is 27.4. The molecule has 0 bridgehead atoms. The van der Waals surface area contributed by atoms with Crippen LogP contribution in [0.5, 0.6) is 0 Å². The van der Waals surface area contributed by atoms with Gasteiger partial charge in [0.15, 0.2) is 5.82 Å². The van der Waals surface area contributed by atoms with E-state index in [9.17, 15) is 18.5 Å². The molecule has 1 N–H and O–H groups in total. The molecule has 1 aromatic rings. The molecule has 0 aliphatic carbocycles. The van der Waals surface area contributed by atoms with E-state index in [1.165, 1.54) is 4.57 Å². The first-order valence-corrected chi connectivity index (χ1v) is 8.17. The van der Waals surface area contributed by atoms with Crippen LogP contribution in [-0.4, -0.2) is 60.7 Å². The van der Waals surface area contributed by atoms with Crippen LogP contribution in [0.3, 0.4) is 0 Å². The maximum Gasteiger partial charge on any atom is 0.342 e. The second-order valence-electron chi connectivity index (χ2n) is 4.94. The Morgan fingerprint density at radius 1 is 1.48 bits per heavy atom. The Hall–Kier alpha value is -1.52. The van der Waals surface area contributed by atoms with Crippen molar-refractivity contribution in [3.63, 3.8) is 0 Å². The summed E-state index contributed by atoms with van der Waals surface area (Å²) in [6, 6.07) is 0. The first-order valence-electron chi connectivity index (χ1n) is 6.51. The van der Waals surface area contributed by atoms with Crippen molar-refractivity contribution in [1.29, 1.82) is 0 Å². The van der Waals surface area contributed by atoms with Gasteiger partial charge < -0.3 is 15.0 Å². The van der Waals surface area contributed by atoms with Gasteiger partial charge in [-0.05, 0) is 32.0 Å². The summed E-state index contributed by atoms with van der Waals surface area (Å²) in [5.74, 6) is 0.00678. The van der Waals surface area contributed by atoms with E-state index in [1.807, 2.05) is 19.0 Å². The zero-order chi connectivity index (χ0) is 16.0. The Kier molecular flexibility index (Phi) is 6.24. The van der Waals surface area contributed by atoms with Gasteiger partial charge in [0.25, 0.3) is 0 Å². The average Bonchev–Trinajstić information content (AvgIpc) is 2.74. The molecule has 0 spiro atoms. The van der Waals surface area contributed by atoms with Crippen molar-refractivity contribution in [2.24, 2.45) is 0 Å². The molecule has 0 saturated heterocycles. The Labute approximate surface area is 124 Å². The van der Waals surface area contributed by atoms with Crippen molar-refractivity contribution in [2.75, 3.05) is 32.9 Å². The van der Waals surface area contributed by atoms with Crippen LogP contribution in [0.4, 0.5) is 5.82 Å². The number of nitro groups is 1. The van der Waals surface area contributed by atoms with Gasteiger partial charge in [-0.2, -0.15) is 0 Å². The second kappa shape index (κ2) is 7.48. The number of rotatable bonds is 9. The standard InChI is InChI=1S/C11H21N5O4S/c1-10-12-9-11(16(17)18)15(10)7-8-21(19,20)13-5-4-6-14(2)3/h9,13H,4-8H2,1-3H3. The van der Waals surface area contributed by atoms with Gasteiger partial charge in [-0.1, -0.05) is 0 Å².